The maximum absolute atomic E-state index is 12.3. The Morgan fingerprint density at radius 2 is 1.82 bits per heavy atom. The molecule has 1 aromatic rings. The Hall–Kier alpha value is -0.470. The maximum atomic E-state index is 12.3. The average Bonchev–Trinajstić information content (AvgIpc) is 2.72. The fraction of sp³-hybridized carbons (Fsp3) is 0.600. The molecule has 0 saturated carbocycles. The van der Waals surface area contributed by atoms with Crippen LogP contribution in [-0.4, -0.2) is 48.2 Å². The molecule has 0 aliphatic carbocycles. The van der Waals surface area contributed by atoms with Gasteiger partial charge in [0.2, 0.25) is 10.0 Å². The minimum Gasteiger partial charge on any atom is -0.389 e. The fourth-order valence-electron chi connectivity index (χ4n) is 1.93. The van der Waals surface area contributed by atoms with Gasteiger partial charge in [0.25, 0.3) is 0 Å². The van der Waals surface area contributed by atoms with Crippen molar-refractivity contribution in [2.75, 3.05) is 13.1 Å². The molecule has 1 saturated heterocycles. The van der Waals surface area contributed by atoms with Gasteiger partial charge in [-0.1, -0.05) is 0 Å². The van der Waals surface area contributed by atoms with Crippen molar-refractivity contribution >= 4 is 21.4 Å². The first-order valence-corrected chi connectivity index (χ1v) is 7.51. The van der Waals surface area contributed by atoms with Gasteiger partial charge >= 0.3 is 0 Å². The number of aryl methyl sites for hydroxylation is 2. The molecule has 1 aliphatic heterocycles. The molecular formula is C10H15NO4S2. The van der Waals surface area contributed by atoms with Gasteiger partial charge in [0.05, 0.1) is 17.1 Å². The van der Waals surface area contributed by atoms with E-state index in [0.717, 1.165) is 14.1 Å². The highest BCUT2D eigenvalue weighted by atomic mass is 32.2. The summed E-state index contributed by atoms with van der Waals surface area (Å²) in [6.45, 7) is 3.52. The van der Waals surface area contributed by atoms with Crippen LogP contribution >= 0.6 is 11.3 Å². The summed E-state index contributed by atoms with van der Waals surface area (Å²) in [6, 6.07) is 1.63. The Labute approximate surface area is 104 Å². The van der Waals surface area contributed by atoms with Gasteiger partial charge in [0.15, 0.2) is 0 Å². The number of sulfonamides is 1. The number of aliphatic hydroxyl groups is 2. The minimum absolute atomic E-state index is 0.0438. The monoisotopic (exact) mass is 277 g/mol. The lowest BCUT2D eigenvalue weighted by molar-refractivity contribution is 0.0572. The van der Waals surface area contributed by atoms with Gasteiger partial charge in [0.1, 0.15) is 0 Å². The topological polar surface area (TPSA) is 77.8 Å². The molecule has 1 fully saturated rings. The van der Waals surface area contributed by atoms with Gasteiger partial charge in [0, 0.05) is 22.8 Å². The molecule has 7 heteroatoms. The van der Waals surface area contributed by atoms with E-state index in [1.165, 1.54) is 11.3 Å². The molecule has 5 nitrogen and oxygen atoms in total. The third-order valence-electron chi connectivity index (χ3n) is 2.84. The number of β-amino-alcohol motifs (C(OH)–C–C–N with tert-alkyl or cyclic N) is 2. The van der Waals surface area contributed by atoms with E-state index in [1.54, 1.807) is 13.0 Å². The van der Waals surface area contributed by atoms with Gasteiger partial charge in [-0.3, -0.25) is 0 Å². The summed E-state index contributed by atoms with van der Waals surface area (Å²) in [4.78, 5) is 1.95. The van der Waals surface area contributed by atoms with E-state index >= 15 is 0 Å². The van der Waals surface area contributed by atoms with Crippen LogP contribution in [0.5, 0.6) is 0 Å². The van der Waals surface area contributed by atoms with Crippen molar-refractivity contribution in [3.05, 3.63) is 15.8 Å². The smallest absolute Gasteiger partial charge is 0.244 e. The normalized spacial score (nSPS) is 26.6. The standard InChI is InChI=1S/C10H15NO4S2/c1-6-3-10(7(2)16-6)17(14,15)11-4-8(12)9(13)5-11/h3,8-9,12-13H,4-5H2,1-2H3. The summed E-state index contributed by atoms with van der Waals surface area (Å²) in [7, 11) is -3.59. The minimum atomic E-state index is -3.59. The highest BCUT2D eigenvalue weighted by Crippen LogP contribution is 2.29. The largest absolute Gasteiger partial charge is 0.389 e. The number of thiophene rings is 1. The zero-order valence-electron chi connectivity index (χ0n) is 9.62. The zero-order chi connectivity index (χ0) is 12.8. The third-order valence-corrected chi connectivity index (χ3v) is 5.89. The number of nitrogens with zero attached hydrogens (tertiary/aromatic N) is 1. The number of rotatable bonds is 2. The van der Waals surface area contributed by atoms with Gasteiger partial charge in [-0.25, -0.2) is 8.42 Å². The van der Waals surface area contributed by atoms with Crippen LogP contribution in [0.15, 0.2) is 11.0 Å². The predicted molar refractivity (Wildman–Crippen MR) is 64.6 cm³/mol. The maximum Gasteiger partial charge on any atom is 0.244 e. The average molecular weight is 277 g/mol. The van der Waals surface area contributed by atoms with Crippen LogP contribution < -0.4 is 0 Å². The third kappa shape index (κ3) is 2.25. The fourth-order valence-corrected chi connectivity index (χ4v) is 4.93. The molecule has 96 valence electrons. The van der Waals surface area contributed by atoms with Gasteiger partial charge in [-0.15, -0.1) is 11.3 Å². The van der Waals surface area contributed by atoms with Gasteiger partial charge in [-0.05, 0) is 19.9 Å². The van der Waals surface area contributed by atoms with Crippen LogP contribution in [0.3, 0.4) is 0 Å². The number of aliphatic hydroxyl groups excluding tert-OH is 2. The van der Waals surface area contributed by atoms with E-state index in [-0.39, 0.29) is 18.0 Å². The first kappa shape index (κ1) is 13.0. The van der Waals surface area contributed by atoms with E-state index < -0.39 is 22.2 Å². The molecule has 0 spiro atoms. The van der Waals surface area contributed by atoms with Crippen LogP contribution in [0.4, 0.5) is 0 Å². The first-order chi connectivity index (χ1) is 7.82. The molecule has 2 unspecified atom stereocenters. The molecule has 0 aromatic carbocycles. The summed E-state index contributed by atoms with van der Waals surface area (Å²) in [5.41, 5.74) is 0. The van der Waals surface area contributed by atoms with Crippen molar-refractivity contribution in [1.29, 1.82) is 0 Å². The van der Waals surface area contributed by atoms with E-state index in [0.29, 0.717) is 0 Å². The molecule has 1 aliphatic rings. The molecule has 2 heterocycles. The first-order valence-electron chi connectivity index (χ1n) is 5.25. The van der Waals surface area contributed by atoms with Crippen LogP contribution in [0.2, 0.25) is 0 Å². The van der Waals surface area contributed by atoms with Gasteiger partial charge in [-0.2, -0.15) is 4.31 Å². The Bertz CT molecular complexity index is 512. The number of hydrogen-bond acceptors (Lipinski definition) is 5. The van der Waals surface area contributed by atoms with Crippen molar-refractivity contribution in [3.8, 4) is 0 Å². The molecule has 2 rings (SSSR count). The molecule has 1 aromatic heterocycles. The Kier molecular flexibility index (Phi) is 3.30. The molecule has 0 bridgehead atoms. The lowest BCUT2D eigenvalue weighted by Crippen LogP contribution is -2.30. The van der Waals surface area contributed by atoms with Crippen molar-refractivity contribution in [2.45, 2.75) is 31.0 Å². The van der Waals surface area contributed by atoms with Crippen molar-refractivity contribution < 1.29 is 18.6 Å². The van der Waals surface area contributed by atoms with Crippen LogP contribution in [0.1, 0.15) is 9.75 Å². The summed E-state index contributed by atoms with van der Waals surface area (Å²) in [5.74, 6) is 0. The summed E-state index contributed by atoms with van der Waals surface area (Å²) in [6.07, 6.45) is -1.99. The second-order valence-electron chi connectivity index (χ2n) is 4.23. The van der Waals surface area contributed by atoms with Crippen molar-refractivity contribution in [1.82, 2.24) is 4.31 Å². The lowest BCUT2D eigenvalue weighted by atomic mass is 10.3. The molecule has 2 atom stereocenters. The Balaban J connectivity index is 2.35. The van der Waals surface area contributed by atoms with Gasteiger partial charge < -0.3 is 10.2 Å². The SMILES string of the molecule is Cc1cc(S(=O)(=O)N2CC(O)C(O)C2)c(C)s1. The van der Waals surface area contributed by atoms with E-state index in [9.17, 15) is 18.6 Å². The second kappa shape index (κ2) is 4.33. The van der Waals surface area contributed by atoms with E-state index in [4.69, 9.17) is 0 Å². The highest BCUT2D eigenvalue weighted by molar-refractivity contribution is 7.89. The zero-order valence-corrected chi connectivity index (χ0v) is 11.3. The second-order valence-corrected chi connectivity index (χ2v) is 7.60. The van der Waals surface area contributed by atoms with Crippen molar-refractivity contribution in [3.63, 3.8) is 0 Å². The lowest BCUT2D eigenvalue weighted by Gasteiger charge is -2.15. The van der Waals surface area contributed by atoms with Crippen LogP contribution in [-0.2, 0) is 10.0 Å². The van der Waals surface area contributed by atoms with Crippen molar-refractivity contribution in [2.24, 2.45) is 0 Å². The number of hydrogen-bond donors (Lipinski definition) is 2. The molecule has 2 N–H and O–H groups in total. The summed E-state index contributed by atoms with van der Waals surface area (Å²) < 4.78 is 25.7. The summed E-state index contributed by atoms with van der Waals surface area (Å²) >= 11 is 1.43. The summed E-state index contributed by atoms with van der Waals surface area (Å²) in [5, 5.41) is 18.8. The van der Waals surface area contributed by atoms with E-state index in [2.05, 4.69) is 0 Å². The quantitative estimate of drug-likeness (QED) is 0.803. The van der Waals surface area contributed by atoms with E-state index in [1.807, 2.05) is 6.92 Å². The molecule has 0 radical (unpaired) electrons. The Morgan fingerprint density at radius 1 is 1.29 bits per heavy atom. The Morgan fingerprint density at radius 3 is 2.24 bits per heavy atom. The molecule has 0 amide bonds. The van der Waals surface area contributed by atoms with Crippen LogP contribution in [0, 0.1) is 13.8 Å². The predicted octanol–water partition coefficient (Wildman–Crippen LogP) is 0.0910. The highest BCUT2D eigenvalue weighted by Gasteiger charge is 2.38. The molecule has 17 heavy (non-hydrogen) atoms. The molecular weight excluding hydrogens is 262 g/mol. The van der Waals surface area contributed by atoms with Crippen LogP contribution in [0.25, 0.3) is 0 Å².